The van der Waals surface area contributed by atoms with Gasteiger partial charge < -0.3 is 15.2 Å². The van der Waals surface area contributed by atoms with E-state index in [0.717, 1.165) is 43.4 Å². The summed E-state index contributed by atoms with van der Waals surface area (Å²) in [5.41, 5.74) is 2.11. The fourth-order valence-corrected chi connectivity index (χ4v) is 4.28. The van der Waals surface area contributed by atoms with Gasteiger partial charge in [-0.25, -0.2) is 4.98 Å². The number of anilines is 3. The van der Waals surface area contributed by atoms with Gasteiger partial charge in [-0.1, -0.05) is 25.3 Å². The largest absolute Gasteiger partial charge is 0.416 e. The smallest absolute Gasteiger partial charge is 0.364 e. The van der Waals surface area contributed by atoms with Crippen molar-refractivity contribution < 1.29 is 13.2 Å². The molecule has 0 atom stereocenters. The summed E-state index contributed by atoms with van der Waals surface area (Å²) in [7, 11) is 0. The maximum atomic E-state index is 12.9. The molecule has 0 aliphatic heterocycles. The molecule has 3 aromatic heterocycles. The summed E-state index contributed by atoms with van der Waals surface area (Å²) in [6.45, 7) is 0.496. The minimum Gasteiger partial charge on any atom is -0.364 e. The van der Waals surface area contributed by atoms with Crippen LogP contribution in [0, 0.1) is 0 Å². The van der Waals surface area contributed by atoms with Crippen molar-refractivity contribution in [2.75, 3.05) is 10.6 Å². The van der Waals surface area contributed by atoms with E-state index in [-0.39, 0.29) is 0 Å². The number of fused-ring (bicyclic) bond motifs is 1. The average molecular weight is 467 g/mol. The molecule has 176 valence electrons. The Kier molecular flexibility index (Phi) is 6.04. The number of hydrogen-bond donors (Lipinski definition) is 2. The quantitative estimate of drug-likeness (QED) is 0.357. The molecule has 1 aliphatic carbocycles. The Morgan fingerprint density at radius 2 is 1.79 bits per heavy atom. The highest BCUT2D eigenvalue weighted by atomic mass is 19.4. The third-order valence-corrected chi connectivity index (χ3v) is 6.04. The molecule has 3 heterocycles. The lowest BCUT2D eigenvalue weighted by molar-refractivity contribution is -0.137. The highest BCUT2D eigenvalue weighted by Gasteiger charge is 2.30. The fraction of sp³-hybridized carbons (Fsp3) is 0.333. The number of benzene rings is 1. The Hall–Kier alpha value is -3.69. The van der Waals surface area contributed by atoms with E-state index in [2.05, 4.69) is 30.2 Å². The summed E-state index contributed by atoms with van der Waals surface area (Å²) in [6.07, 6.45) is 6.60. The van der Waals surface area contributed by atoms with Crippen molar-refractivity contribution in [2.24, 2.45) is 0 Å². The molecule has 0 spiro atoms. The number of pyridine rings is 1. The molecule has 1 fully saturated rings. The molecule has 4 aromatic rings. The van der Waals surface area contributed by atoms with Crippen LogP contribution in [0.2, 0.25) is 0 Å². The Morgan fingerprint density at radius 3 is 2.50 bits per heavy atom. The zero-order valence-corrected chi connectivity index (χ0v) is 18.4. The third kappa shape index (κ3) is 4.80. The lowest BCUT2D eigenvalue weighted by Crippen LogP contribution is -2.13. The summed E-state index contributed by atoms with van der Waals surface area (Å²) >= 11 is 0. The minimum absolute atomic E-state index is 0.290. The first-order chi connectivity index (χ1) is 16.5. The van der Waals surface area contributed by atoms with E-state index in [9.17, 15) is 13.2 Å². The number of imidazole rings is 1. The second-order valence-corrected chi connectivity index (χ2v) is 8.43. The van der Waals surface area contributed by atoms with Gasteiger partial charge in [0.2, 0.25) is 5.95 Å². The van der Waals surface area contributed by atoms with Crippen molar-refractivity contribution in [1.29, 1.82) is 0 Å². The van der Waals surface area contributed by atoms with E-state index in [0.29, 0.717) is 41.2 Å². The second kappa shape index (κ2) is 9.28. The van der Waals surface area contributed by atoms with Crippen LogP contribution in [-0.4, -0.2) is 24.5 Å². The standard InChI is InChI=1S/C24H24F3N7/c25-24(26,27)17-8-10-18(11-9-17)31-23-32-21(29-14-16-5-4-12-28-13-16)20-22(33-23)34(15-30-20)19-6-2-1-3-7-19/h4-5,8-13,15,19H,1-3,6-7,14H2,(H2,29,31,32,33). The summed E-state index contributed by atoms with van der Waals surface area (Å²) in [5.74, 6) is 0.844. The highest BCUT2D eigenvalue weighted by Crippen LogP contribution is 2.33. The predicted molar refractivity (Wildman–Crippen MR) is 124 cm³/mol. The Balaban J connectivity index is 1.48. The van der Waals surface area contributed by atoms with Gasteiger partial charge in [0, 0.05) is 30.7 Å². The molecule has 1 saturated carbocycles. The van der Waals surface area contributed by atoms with Gasteiger partial charge in [0.1, 0.15) is 0 Å². The van der Waals surface area contributed by atoms with Gasteiger partial charge in [0.05, 0.1) is 11.9 Å². The topological polar surface area (TPSA) is 80.5 Å². The Labute approximate surface area is 194 Å². The monoisotopic (exact) mass is 467 g/mol. The fourth-order valence-electron chi connectivity index (χ4n) is 4.28. The molecule has 2 N–H and O–H groups in total. The molecule has 0 saturated heterocycles. The van der Waals surface area contributed by atoms with Gasteiger partial charge in [0.25, 0.3) is 0 Å². The van der Waals surface area contributed by atoms with Crippen molar-refractivity contribution in [3.05, 3.63) is 66.2 Å². The van der Waals surface area contributed by atoms with E-state index in [1.54, 1.807) is 12.4 Å². The molecule has 0 bridgehead atoms. The molecule has 1 aromatic carbocycles. The van der Waals surface area contributed by atoms with E-state index in [1.165, 1.54) is 18.6 Å². The molecular weight excluding hydrogens is 443 g/mol. The second-order valence-electron chi connectivity index (χ2n) is 8.43. The molecule has 1 aliphatic rings. The first-order valence-electron chi connectivity index (χ1n) is 11.3. The van der Waals surface area contributed by atoms with Crippen LogP contribution in [0.4, 0.5) is 30.6 Å². The van der Waals surface area contributed by atoms with E-state index in [4.69, 9.17) is 4.98 Å². The number of alkyl halides is 3. The first-order valence-corrected chi connectivity index (χ1v) is 11.3. The number of hydrogen-bond acceptors (Lipinski definition) is 6. The number of halogens is 3. The van der Waals surface area contributed by atoms with Gasteiger partial charge >= 0.3 is 6.18 Å². The number of rotatable bonds is 6. The summed E-state index contributed by atoms with van der Waals surface area (Å²) < 4.78 is 40.9. The Morgan fingerprint density at radius 1 is 1.00 bits per heavy atom. The van der Waals surface area contributed by atoms with Crippen LogP contribution >= 0.6 is 0 Å². The summed E-state index contributed by atoms with van der Waals surface area (Å²) in [4.78, 5) is 18.0. The van der Waals surface area contributed by atoms with Crippen molar-refractivity contribution in [3.63, 3.8) is 0 Å². The summed E-state index contributed by atoms with van der Waals surface area (Å²) in [5, 5.41) is 6.37. The number of nitrogens with one attached hydrogen (secondary N) is 2. The Bertz CT molecular complexity index is 1250. The van der Waals surface area contributed by atoms with E-state index >= 15 is 0 Å². The average Bonchev–Trinajstić information content (AvgIpc) is 3.28. The lowest BCUT2D eigenvalue weighted by Gasteiger charge is -2.23. The van der Waals surface area contributed by atoms with Crippen molar-refractivity contribution >= 4 is 28.6 Å². The van der Waals surface area contributed by atoms with Crippen molar-refractivity contribution in [2.45, 2.75) is 50.9 Å². The van der Waals surface area contributed by atoms with Crippen LogP contribution in [0.3, 0.4) is 0 Å². The van der Waals surface area contributed by atoms with Gasteiger partial charge in [0.15, 0.2) is 17.0 Å². The molecule has 7 nitrogen and oxygen atoms in total. The number of aromatic nitrogens is 5. The minimum atomic E-state index is -4.39. The molecule has 0 amide bonds. The molecule has 5 rings (SSSR count). The zero-order valence-electron chi connectivity index (χ0n) is 18.4. The first kappa shape index (κ1) is 22.1. The zero-order chi connectivity index (χ0) is 23.5. The molecule has 10 heteroatoms. The van der Waals surface area contributed by atoms with E-state index in [1.807, 2.05) is 18.5 Å². The van der Waals surface area contributed by atoms with Crippen LogP contribution < -0.4 is 10.6 Å². The van der Waals surface area contributed by atoms with E-state index < -0.39 is 11.7 Å². The van der Waals surface area contributed by atoms with Crippen LogP contribution in [0.15, 0.2) is 55.1 Å². The SMILES string of the molecule is FC(F)(F)c1ccc(Nc2nc(NCc3cccnc3)c3ncn(C4CCCCC4)c3n2)cc1. The normalized spacial score (nSPS) is 14.9. The molecule has 34 heavy (non-hydrogen) atoms. The number of nitrogens with zero attached hydrogens (tertiary/aromatic N) is 5. The van der Waals surface area contributed by atoms with Crippen LogP contribution in [-0.2, 0) is 12.7 Å². The van der Waals surface area contributed by atoms with Crippen LogP contribution in [0.25, 0.3) is 11.2 Å². The van der Waals surface area contributed by atoms with Crippen LogP contribution in [0.1, 0.15) is 49.3 Å². The highest BCUT2D eigenvalue weighted by molar-refractivity contribution is 5.84. The third-order valence-electron chi connectivity index (χ3n) is 6.04. The predicted octanol–water partition coefficient (Wildman–Crippen LogP) is 6.10. The molecular formula is C24H24F3N7. The van der Waals surface area contributed by atoms with Gasteiger partial charge in [-0.2, -0.15) is 23.1 Å². The maximum Gasteiger partial charge on any atom is 0.416 e. The lowest BCUT2D eigenvalue weighted by atomic mass is 9.95. The molecule has 0 unspecified atom stereocenters. The van der Waals surface area contributed by atoms with Crippen molar-refractivity contribution in [3.8, 4) is 0 Å². The van der Waals surface area contributed by atoms with Gasteiger partial charge in [-0.15, -0.1) is 0 Å². The summed E-state index contributed by atoms with van der Waals surface area (Å²) in [6, 6.07) is 8.96. The van der Waals surface area contributed by atoms with Crippen LogP contribution in [0.5, 0.6) is 0 Å². The van der Waals surface area contributed by atoms with Crippen molar-refractivity contribution in [1.82, 2.24) is 24.5 Å². The van der Waals surface area contributed by atoms with Gasteiger partial charge in [-0.05, 0) is 48.7 Å². The maximum absolute atomic E-state index is 12.9. The van der Waals surface area contributed by atoms with Gasteiger partial charge in [-0.3, -0.25) is 4.98 Å². The molecule has 0 radical (unpaired) electrons.